The molecule has 2 aromatic carbocycles. The molecule has 0 spiro atoms. The van der Waals surface area contributed by atoms with Gasteiger partial charge >= 0.3 is 5.92 Å². The van der Waals surface area contributed by atoms with Crippen molar-refractivity contribution in [1.82, 2.24) is 24.8 Å². The number of nitrogens with zero attached hydrogens (tertiary/aromatic N) is 9. The molecular weight excluding hydrogens is 622 g/mol. The average molecular weight is 657 g/mol. The van der Waals surface area contributed by atoms with Crippen LogP contribution in [0.3, 0.4) is 0 Å². The summed E-state index contributed by atoms with van der Waals surface area (Å²) in [5.41, 5.74) is 2.77. The SMILES string of the molecule is C[C@H]1CN(C2COC2)CCN1c1ccc(Nc2ncnc(-c3ccc(O[C@H]4CCN(C(=O)C5=CN=NC5)CC4(F)F)c(C#N)c3)n2)cc1. The van der Waals surface area contributed by atoms with Crippen LogP contribution in [0.4, 0.5) is 26.1 Å². The number of carbonyl (C=O) groups excluding carboxylic acids is 1. The summed E-state index contributed by atoms with van der Waals surface area (Å²) in [5.74, 6) is -3.22. The van der Waals surface area contributed by atoms with Gasteiger partial charge in [-0.05, 0) is 49.4 Å². The summed E-state index contributed by atoms with van der Waals surface area (Å²) in [4.78, 5) is 31.6. The molecule has 2 atom stereocenters. The second kappa shape index (κ2) is 13.2. The highest BCUT2D eigenvalue weighted by Gasteiger charge is 2.48. The van der Waals surface area contributed by atoms with Crippen LogP contribution in [0.2, 0.25) is 0 Å². The zero-order valence-corrected chi connectivity index (χ0v) is 26.3. The molecule has 0 aliphatic carbocycles. The van der Waals surface area contributed by atoms with E-state index in [2.05, 4.69) is 59.4 Å². The Morgan fingerprint density at radius 2 is 1.96 bits per heavy atom. The number of benzene rings is 2. The van der Waals surface area contributed by atoms with Gasteiger partial charge in [-0.1, -0.05) is 0 Å². The number of azo groups is 1. The quantitative estimate of drug-likeness (QED) is 0.377. The van der Waals surface area contributed by atoms with E-state index in [-0.39, 0.29) is 36.4 Å². The lowest BCUT2D eigenvalue weighted by atomic mass is 10.0. The number of nitrogens with one attached hydrogen (secondary N) is 1. The topological polar surface area (TPSA) is 144 Å². The van der Waals surface area contributed by atoms with E-state index in [9.17, 15) is 10.1 Å². The molecule has 4 aliphatic heterocycles. The molecule has 13 nitrogen and oxygen atoms in total. The largest absolute Gasteiger partial charge is 0.483 e. The lowest BCUT2D eigenvalue weighted by Gasteiger charge is -2.46. The Morgan fingerprint density at radius 3 is 2.65 bits per heavy atom. The molecule has 7 rings (SSSR count). The van der Waals surface area contributed by atoms with Crippen LogP contribution in [0, 0.1) is 11.3 Å². The molecule has 5 heterocycles. The first kappa shape index (κ1) is 31.5. The normalized spacial score (nSPS) is 22.5. The molecule has 4 aliphatic rings. The van der Waals surface area contributed by atoms with Crippen molar-refractivity contribution in [3.63, 3.8) is 0 Å². The Morgan fingerprint density at radius 1 is 1.12 bits per heavy atom. The molecule has 3 fully saturated rings. The minimum atomic E-state index is -3.33. The van der Waals surface area contributed by atoms with Crippen LogP contribution in [-0.4, -0.2) is 107 Å². The van der Waals surface area contributed by atoms with E-state index in [1.165, 1.54) is 24.7 Å². The maximum absolute atomic E-state index is 15.1. The molecule has 1 aromatic heterocycles. The Balaban J connectivity index is 0.986. The highest BCUT2D eigenvalue weighted by Crippen LogP contribution is 2.34. The minimum Gasteiger partial charge on any atom is -0.483 e. The molecule has 3 aromatic rings. The number of nitriles is 1. The number of amides is 1. The van der Waals surface area contributed by atoms with Gasteiger partial charge in [-0.25, -0.2) is 18.7 Å². The molecule has 1 amide bonds. The standard InChI is InChI=1S/C33H34F2N10O3/c1-21-16-43(27-17-47-18-27)10-11-45(21)26-5-3-25(4-6-26)41-32-38-20-37-30(42-32)22-2-7-28(23(12-22)13-36)48-29-8-9-44(19-33(29,34)35)31(46)24-14-39-40-15-24/h2-7,12,14,20-21,27,29H,8-11,15-19H2,1H3,(H,37,38,41,42)/t21-,29-/m0/s1. The van der Waals surface area contributed by atoms with Crippen molar-refractivity contribution >= 4 is 23.2 Å². The fraction of sp³-hybridized carbons (Fsp3) is 0.424. The molecule has 15 heteroatoms. The van der Waals surface area contributed by atoms with Crippen molar-refractivity contribution in [2.24, 2.45) is 10.2 Å². The van der Waals surface area contributed by atoms with Crippen LogP contribution in [0.25, 0.3) is 11.4 Å². The van der Waals surface area contributed by atoms with Crippen molar-refractivity contribution in [2.75, 3.05) is 62.7 Å². The number of hydrogen-bond donors (Lipinski definition) is 1. The molecule has 248 valence electrons. The van der Waals surface area contributed by atoms with Gasteiger partial charge < -0.3 is 24.6 Å². The van der Waals surface area contributed by atoms with Crippen LogP contribution in [-0.2, 0) is 9.53 Å². The molecule has 1 N–H and O–H groups in total. The molecule has 3 saturated heterocycles. The Hall–Kier alpha value is -5.07. The average Bonchev–Trinajstić information content (AvgIpc) is 3.61. The molecule has 0 bridgehead atoms. The van der Waals surface area contributed by atoms with Crippen LogP contribution in [0.1, 0.15) is 18.9 Å². The van der Waals surface area contributed by atoms with Crippen molar-refractivity contribution in [1.29, 1.82) is 5.26 Å². The van der Waals surface area contributed by atoms with E-state index in [1.54, 1.807) is 6.07 Å². The predicted molar refractivity (Wildman–Crippen MR) is 171 cm³/mol. The number of anilines is 3. The highest BCUT2D eigenvalue weighted by atomic mass is 19.3. The first-order valence-electron chi connectivity index (χ1n) is 15.9. The predicted octanol–water partition coefficient (Wildman–Crippen LogP) is 4.03. The monoisotopic (exact) mass is 656 g/mol. The highest BCUT2D eigenvalue weighted by molar-refractivity contribution is 5.94. The summed E-state index contributed by atoms with van der Waals surface area (Å²) >= 11 is 0. The van der Waals surface area contributed by atoms with E-state index in [4.69, 9.17) is 9.47 Å². The lowest BCUT2D eigenvalue weighted by Crippen LogP contribution is -2.59. The summed E-state index contributed by atoms with van der Waals surface area (Å²) in [6, 6.07) is 15.6. The first-order chi connectivity index (χ1) is 23.3. The number of likely N-dealkylation sites (tertiary alicyclic amines) is 1. The van der Waals surface area contributed by atoms with Gasteiger partial charge in [-0.3, -0.25) is 9.69 Å². The van der Waals surface area contributed by atoms with Gasteiger partial charge in [0.25, 0.3) is 5.91 Å². The van der Waals surface area contributed by atoms with Crippen LogP contribution in [0.15, 0.2) is 70.8 Å². The third kappa shape index (κ3) is 6.54. The Bertz CT molecular complexity index is 1780. The number of ether oxygens (including phenoxy) is 2. The van der Waals surface area contributed by atoms with Gasteiger partial charge in [0.15, 0.2) is 11.9 Å². The third-order valence-corrected chi connectivity index (χ3v) is 9.08. The van der Waals surface area contributed by atoms with Gasteiger partial charge in [-0.2, -0.15) is 20.5 Å². The van der Waals surface area contributed by atoms with Crippen LogP contribution >= 0.6 is 0 Å². The number of aromatic nitrogens is 3. The van der Waals surface area contributed by atoms with Gasteiger partial charge in [0, 0.05) is 55.6 Å². The minimum absolute atomic E-state index is 0.0158. The maximum atomic E-state index is 15.1. The summed E-state index contributed by atoms with van der Waals surface area (Å²) in [6.45, 7) is 6.21. The number of alkyl halides is 2. The van der Waals surface area contributed by atoms with Gasteiger partial charge in [0.1, 0.15) is 18.1 Å². The van der Waals surface area contributed by atoms with E-state index >= 15 is 8.78 Å². The fourth-order valence-electron chi connectivity index (χ4n) is 6.34. The number of piperazine rings is 1. The van der Waals surface area contributed by atoms with Crippen molar-refractivity contribution < 1.29 is 23.0 Å². The van der Waals surface area contributed by atoms with E-state index in [0.717, 1.165) is 49.1 Å². The summed E-state index contributed by atoms with van der Waals surface area (Å²) in [5, 5.41) is 20.4. The second-order valence-corrected chi connectivity index (χ2v) is 12.3. The maximum Gasteiger partial charge on any atom is 0.301 e. The number of piperidine rings is 1. The van der Waals surface area contributed by atoms with Crippen LogP contribution in [0.5, 0.6) is 5.75 Å². The summed E-state index contributed by atoms with van der Waals surface area (Å²) < 4.78 is 41.3. The van der Waals surface area contributed by atoms with E-state index < -0.39 is 24.5 Å². The van der Waals surface area contributed by atoms with E-state index in [0.29, 0.717) is 29.4 Å². The summed E-state index contributed by atoms with van der Waals surface area (Å²) in [6.07, 6.45) is 1.04. The van der Waals surface area contributed by atoms with E-state index in [1.807, 2.05) is 18.2 Å². The molecule has 0 unspecified atom stereocenters. The number of rotatable bonds is 8. The van der Waals surface area contributed by atoms with Gasteiger partial charge in [0.05, 0.1) is 49.7 Å². The smallest absolute Gasteiger partial charge is 0.301 e. The second-order valence-electron chi connectivity index (χ2n) is 12.3. The Kier molecular flexibility index (Phi) is 8.67. The lowest BCUT2D eigenvalue weighted by molar-refractivity contribution is -0.157. The fourth-order valence-corrected chi connectivity index (χ4v) is 6.34. The molecule has 48 heavy (non-hydrogen) atoms. The summed E-state index contributed by atoms with van der Waals surface area (Å²) in [7, 11) is 0. The first-order valence-corrected chi connectivity index (χ1v) is 15.9. The van der Waals surface area contributed by atoms with Crippen LogP contribution < -0.4 is 15.0 Å². The van der Waals surface area contributed by atoms with Crippen molar-refractivity contribution in [2.45, 2.75) is 37.5 Å². The number of carbonyl (C=O) groups is 1. The van der Waals surface area contributed by atoms with Crippen molar-refractivity contribution in [3.05, 3.63) is 66.1 Å². The molecular formula is C33H34F2N10O3. The van der Waals surface area contributed by atoms with Gasteiger partial charge in [-0.15, -0.1) is 0 Å². The zero-order chi connectivity index (χ0) is 33.3. The number of hydrogen-bond acceptors (Lipinski definition) is 12. The molecule has 0 radical (unpaired) electrons. The third-order valence-electron chi connectivity index (χ3n) is 9.08. The zero-order valence-electron chi connectivity index (χ0n) is 26.3. The number of halogens is 2. The molecule has 0 saturated carbocycles. The van der Waals surface area contributed by atoms with Gasteiger partial charge in [0.2, 0.25) is 5.95 Å². The van der Waals surface area contributed by atoms with Crippen molar-refractivity contribution in [3.8, 4) is 23.2 Å². The Labute approximate surface area is 275 Å².